The summed E-state index contributed by atoms with van der Waals surface area (Å²) in [5.41, 5.74) is 3.43. The maximum absolute atomic E-state index is 4.50. The van der Waals surface area contributed by atoms with E-state index in [1.54, 1.807) is 0 Å². The number of aromatic nitrogens is 3. The zero-order valence-electron chi connectivity index (χ0n) is 11.9. The Kier molecular flexibility index (Phi) is 4.55. The van der Waals surface area contributed by atoms with Gasteiger partial charge in [-0.3, -0.25) is 0 Å². The lowest BCUT2D eigenvalue weighted by Gasteiger charge is -2.15. The van der Waals surface area contributed by atoms with E-state index in [0.717, 1.165) is 36.0 Å². The van der Waals surface area contributed by atoms with Gasteiger partial charge in [0.15, 0.2) is 0 Å². The zero-order chi connectivity index (χ0) is 14.5. The van der Waals surface area contributed by atoms with Crippen molar-refractivity contribution in [1.29, 1.82) is 0 Å². The Balaban J connectivity index is 1.68. The van der Waals surface area contributed by atoms with Gasteiger partial charge in [-0.05, 0) is 37.0 Å². The van der Waals surface area contributed by atoms with Crippen LogP contribution in [0.2, 0.25) is 0 Å². The second kappa shape index (κ2) is 6.76. The summed E-state index contributed by atoms with van der Waals surface area (Å²) < 4.78 is 2.02. The molecule has 0 spiro atoms. The van der Waals surface area contributed by atoms with Crippen molar-refractivity contribution >= 4 is 23.7 Å². The van der Waals surface area contributed by atoms with Crippen LogP contribution in [0, 0.1) is 0 Å². The summed E-state index contributed by atoms with van der Waals surface area (Å²) >= 11 is 4.50. The third-order valence-electron chi connectivity index (χ3n) is 3.78. The molecular weight excluding hydrogens is 278 g/mol. The topological polar surface area (TPSA) is 30.7 Å². The fraction of sp³-hybridized carbons (Fsp3) is 0.294. The van der Waals surface area contributed by atoms with Gasteiger partial charge in [0.05, 0.1) is 11.6 Å². The van der Waals surface area contributed by atoms with E-state index < -0.39 is 0 Å². The van der Waals surface area contributed by atoms with Gasteiger partial charge in [0.25, 0.3) is 0 Å². The minimum Gasteiger partial charge on any atom is -0.241 e. The predicted molar refractivity (Wildman–Crippen MR) is 89.8 cm³/mol. The maximum Gasteiger partial charge on any atom is 0.113 e. The van der Waals surface area contributed by atoms with E-state index in [0.29, 0.717) is 6.04 Å². The molecule has 21 heavy (non-hydrogen) atoms. The molecule has 3 rings (SSSR count). The third-order valence-corrected chi connectivity index (χ3v) is 4.20. The third kappa shape index (κ3) is 3.27. The van der Waals surface area contributed by atoms with Gasteiger partial charge < -0.3 is 0 Å². The zero-order valence-corrected chi connectivity index (χ0v) is 12.8. The average Bonchev–Trinajstić information content (AvgIpc) is 2.97. The van der Waals surface area contributed by atoms with Gasteiger partial charge in [-0.2, -0.15) is 12.6 Å². The normalized spacial score (nSPS) is 12.6. The predicted octanol–water partition coefficient (Wildman–Crippen LogP) is 3.93. The smallest absolute Gasteiger partial charge is 0.113 e. The van der Waals surface area contributed by atoms with Gasteiger partial charge in [0.2, 0.25) is 0 Å². The number of aryl methyl sites for hydroxylation is 1. The van der Waals surface area contributed by atoms with Crippen LogP contribution in [0.3, 0.4) is 0 Å². The molecule has 1 unspecified atom stereocenters. The highest BCUT2D eigenvalue weighted by Crippen LogP contribution is 2.21. The van der Waals surface area contributed by atoms with Crippen molar-refractivity contribution in [3.63, 3.8) is 0 Å². The molecule has 0 radical (unpaired) electrons. The highest BCUT2D eigenvalue weighted by molar-refractivity contribution is 7.80. The van der Waals surface area contributed by atoms with Crippen LogP contribution in [-0.4, -0.2) is 20.7 Å². The van der Waals surface area contributed by atoms with E-state index >= 15 is 0 Å². The summed E-state index contributed by atoms with van der Waals surface area (Å²) in [4.78, 5) is 0. The molecule has 4 heteroatoms. The van der Waals surface area contributed by atoms with Crippen LogP contribution in [-0.2, 0) is 6.42 Å². The molecule has 0 aliphatic heterocycles. The molecule has 0 bridgehead atoms. The number of rotatable bonds is 6. The second-order valence-corrected chi connectivity index (χ2v) is 5.60. The minimum absolute atomic E-state index is 0.296. The van der Waals surface area contributed by atoms with E-state index in [1.165, 1.54) is 5.56 Å². The molecule has 3 nitrogen and oxygen atoms in total. The highest BCUT2D eigenvalue weighted by Gasteiger charge is 2.13. The monoisotopic (exact) mass is 297 g/mol. The number of hydrogen-bond donors (Lipinski definition) is 1. The van der Waals surface area contributed by atoms with E-state index in [-0.39, 0.29) is 0 Å². The van der Waals surface area contributed by atoms with E-state index in [2.05, 4.69) is 59.3 Å². The summed E-state index contributed by atoms with van der Waals surface area (Å²) in [6.45, 7) is 0. The Labute approximate surface area is 130 Å². The first kappa shape index (κ1) is 14.1. The van der Waals surface area contributed by atoms with Crippen molar-refractivity contribution in [1.82, 2.24) is 15.0 Å². The van der Waals surface area contributed by atoms with Gasteiger partial charge >= 0.3 is 0 Å². The summed E-state index contributed by atoms with van der Waals surface area (Å²) in [5.74, 6) is 0.780. The molecule has 108 valence electrons. The molecular formula is C17H19N3S. The number of nitrogens with zero attached hydrogens (tertiary/aromatic N) is 3. The molecule has 1 heterocycles. The number of para-hydroxylation sites is 1. The van der Waals surface area contributed by atoms with Crippen LogP contribution in [0.4, 0.5) is 0 Å². The van der Waals surface area contributed by atoms with E-state index in [9.17, 15) is 0 Å². The molecule has 0 amide bonds. The molecule has 1 aromatic heterocycles. The molecule has 0 N–H and O–H groups in total. The fourth-order valence-corrected chi connectivity index (χ4v) is 2.97. The van der Waals surface area contributed by atoms with E-state index in [4.69, 9.17) is 0 Å². The van der Waals surface area contributed by atoms with Crippen LogP contribution >= 0.6 is 12.6 Å². The Morgan fingerprint density at radius 2 is 1.76 bits per heavy atom. The molecule has 0 saturated heterocycles. The van der Waals surface area contributed by atoms with Gasteiger partial charge in [-0.25, -0.2) is 4.68 Å². The minimum atomic E-state index is 0.296. The molecule has 0 aliphatic carbocycles. The number of thiol groups is 1. The molecule has 3 aromatic rings. The Morgan fingerprint density at radius 1 is 1.00 bits per heavy atom. The lowest BCUT2D eigenvalue weighted by molar-refractivity contribution is 0.454. The molecule has 0 aliphatic rings. The Bertz CT molecular complexity index is 693. The number of fused-ring (bicyclic) bond motifs is 1. The van der Waals surface area contributed by atoms with Crippen LogP contribution in [0.15, 0.2) is 54.6 Å². The summed E-state index contributed by atoms with van der Waals surface area (Å²) in [7, 11) is 0. The van der Waals surface area contributed by atoms with Crippen molar-refractivity contribution in [2.24, 2.45) is 0 Å². The standard InChI is InChI=1S/C17H19N3S/c21-13-15(10-6-9-14-7-2-1-3-8-14)20-17-12-5-4-11-16(17)18-19-20/h1-5,7-8,11-12,15,21H,6,9-10,13H2. The SMILES string of the molecule is SCC(CCCc1ccccc1)n1nnc2ccccc21. The van der Waals surface area contributed by atoms with Crippen LogP contribution < -0.4 is 0 Å². The quantitative estimate of drug-likeness (QED) is 0.699. The van der Waals surface area contributed by atoms with Crippen LogP contribution in [0.25, 0.3) is 11.0 Å². The van der Waals surface area contributed by atoms with Crippen molar-refractivity contribution < 1.29 is 0 Å². The first-order chi connectivity index (χ1) is 10.4. The fourth-order valence-electron chi connectivity index (χ4n) is 2.63. The van der Waals surface area contributed by atoms with E-state index in [1.807, 2.05) is 22.9 Å². The highest BCUT2D eigenvalue weighted by atomic mass is 32.1. The van der Waals surface area contributed by atoms with Gasteiger partial charge in [0.1, 0.15) is 5.52 Å². The summed E-state index contributed by atoms with van der Waals surface area (Å²) in [6.07, 6.45) is 3.28. The average molecular weight is 297 g/mol. The van der Waals surface area contributed by atoms with Crippen LogP contribution in [0.1, 0.15) is 24.4 Å². The molecule has 0 saturated carbocycles. The van der Waals surface area contributed by atoms with Gasteiger partial charge in [-0.1, -0.05) is 47.7 Å². The first-order valence-corrected chi connectivity index (χ1v) is 7.96. The lowest BCUT2D eigenvalue weighted by Crippen LogP contribution is -2.13. The first-order valence-electron chi connectivity index (χ1n) is 7.33. The molecule has 0 fully saturated rings. The summed E-state index contributed by atoms with van der Waals surface area (Å²) in [6, 6.07) is 19.0. The lowest BCUT2D eigenvalue weighted by atomic mass is 10.1. The molecule has 2 aromatic carbocycles. The Morgan fingerprint density at radius 3 is 2.57 bits per heavy atom. The Hall–Kier alpha value is -1.81. The maximum atomic E-state index is 4.50. The van der Waals surface area contributed by atoms with Crippen molar-refractivity contribution in [2.75, 3.05) is 5.75 Å². The summed E-state index contributed by atoms with van der Waals surface area (Å²) in [5, 5.41) is 8.54. The van der Waals surface area contributed by atoms with Crippen molar-refractivity contribution in [2.45, 2.75) is 25.3 Å². The van der Waals surface area contributed by atoms with Gasteiger partial charge in [-0.15, -0.1) is 5.10 Å². The van der Waals surface area contributed by atoms with Gasteiger partial charge in [0, 0.05) is 5.75 Å². The second-order valence-electron chi connectivity index (χ2n) is 5.24. The number of hydrogen-bond acceptors (Lipinski definition) is 3. The van der Waals surface area contributed by atoms with Crippen LogP contribution in [0.5, 0.6) is 0 Å². The number of benzene rings is 2. The van der Waals surface area contributed by atoms with Crippen molar-refractivity contribution in [3.8, 4) is 0 Å². The van der Waals surface area contributed by atoms with Crippen molar-refractivity contribution in [3.05, 3.63) is 60.2 Å². The molecule has 1 atom stereocenters. The largest absolute Gasteiger partial charge is 0.241 e.